The Balaban J connectivity index is 1.71. The number of nitrogens with one attached hydrogen (secondary N) is 8. The third kappa shape index (κ3) is 16.1. The molecule has 4 heterocycles. The summed E-state index contributed by atoms with van der Waals surface area (Å²) in [5.74, 6) is -12.7. The quantitative estimate of drug-likeness (QED) is 0.0865. The number of aromatic amines is 1. The zero-order valence-corrected chi connectivity index (χ0v) is 44.1. The predicted molar refractivity (Wildman–Crippen MR) is 269 cm³/mol. The van der Waals surface area contributed by atoms with Crippen LogP contribution in [0, 0.1) is 17.3 Å². The van der Waals surface area contributed by atoms with E-state index in [2.05, 4.69) is 63.0 Å². The fourth-order valence-electron chi connectivity index (χ4n) is 9.22. The van der Waals surface area contributed by atoms with Crippen molar-refractivity contribution in [2.24, 2.45) is 23.0 Å². The number of benzene rings is 1. The maximum Gasteiger partial charge on any atom is 0.246 e. The van der Waals surface area contributed by atoms with Gasteiger partial charge in [-0.3, -0.25) is 43.2 Å². The van der Waals surface area contributed by atoms with Crippen molar-refractivity contribution < 1.29 is 71.6 Å². The van der Waals surface area contributed by atoms with E-state index in [0.29, 0.717) is 25.2 Å². The summed E-state index contributed by atoms with van der Waals surface area (Å²) in [4.78, 5) is 129. The smallest absolute Gasteiger partial charge is 0.246 e. The molecule has 5 rings (SSSR count). The van der Waals surface area contributed by atoms with E-state index in [0.717, 1.165) is 30.6 Å². The largest absolute Gasteiger partial charge is 0.494 e. The minimum absolute atomic E-state index is 0.140. The number of unbranched alkanes of at least 4 members (excludes halogenated alkanes) is 3. The average Bonchev–Trinajstić information content (AvgIpc) is 3.92. The van der Waals surface area contributed by atoms with Gasteiger partial charge in [0, 0.05) is 36.8 Å². The first-order valence-corrected chi connectivity index (χ1v) is 27.0. The second-order valence-corrected chi connectivity index (χ2v) is 22.9. The molecular formula is C49H74N10O15S. The SMILES string of the molecule is CC[C@H](C)[C@@H]1NC(=O)CNC(=O)[C@@H]2Cc3c([nH]c4cc(OCCCCCCC(C)(C)C)ccc34)S(=O)(=O)C[C@H](NC(=O)CNC1=O)C(=O)N[C@@H](CC(N)=O)C(=O)N1C[C@H](O)C[C@H]1C(=O)N[C@@H]([C@@H](C)[C@@H](O)CO)C(=O)N2. The molecule has 26 heteroatoms. The van der Waals surface area contributed by atoms with Gasteiger partial charge in [0.1, 0.15) is 47.0 Å². The Labute approximate surface area is 435 Å². The molecule has 9 amide bonds. The summed E-state index contributed by atoms with van der Waals surface area (Å²) in [6.07, 6.45) is -0.0884. The van der Waals surface area contributed by atoms with Gasteiger partial charge >= 0.3 is 0 Å². The lowest BCUT2D eigenvalue weighted by atomic mass is 9.89. The van der Waals surface area contributed by atoms with Gasteiger partial charge in [-0.1, -0.05) is 67.2 Å². The molecule has 416 valence electrons. The number of fused-ring (bicyclic) bond motifs is 5. The fourth-order valence-corrected chi connectivity index (χ4v) is 10.9. The zero-order valence-electron chi connectivity index (χ0n) is 43.3. The Morgan fingerprint density at radius 2 is 1.51 bits per heavy atom. The monoisotopic (exact) mass is 1070 g/mol. The summed E-state index contributed by atoms with van der Waals surface area (Å²) < 4.78 is 36.1. The van der Waals surface area contributed by atoms with Crippen LogP contribution in [0.15, 0.2) is 23.2 Å². The molecule has 1 saturated heterocycles. The van der Waals surface area contributed by atoms with Gasteiger partial charge in [0.2, 0.25) is 53.2 Å². The lowest BCUT2D eigenvalue weighted by Crippen LogP contribution is -2.62. The number of hydrogen-bond donors (Lipinski definition) is 12. The first kappa shape index (κ1) is 59.5. The first-order valence-electron chi connectivity index (χ1n) is 25.3. The van der Waals surface area contributed by atoms with E-state index in [1.807, 2.05) is 0 Å². The number of aromatic nitrogens is 1. The summed E-state index contributed by atoms with van der Waals surface area (Å²) in [5.41, 5.74) is 5.74. The number of H-pyrrole nitrogens is 1. The van der Waals surface area contributed by atoms with Crippen LogP contribution in [-0.4, -0.2) is 174 Å². The molecule has 75 heavy (non-hydrogen) atoms. The number of aliphatic hydroxyl groups excluding tert-OH is 3. The molecule has 0 unspecified atom stereocenters. The number of aliphatic hydroxyl groups is 3. The highest BCUT2D eigenvalue weighted by Crippen LogP contribution is 2.32. The van der Waals surface area contributed by atoms with Gasteiger partial charge < -0.3 is 72.9 Å². The minimum Gasteiger partial charge on any atom is -0.494 e. The lowest BCUT2D eigenvalue weighted by Gasteiger charge is -2.32. The van der Waals surface area contributed by atoms with Crippen LogP contribution in [-0.2, 0) is 59.4 Å². The van der Waals surface area contributed by atoms with Crippen molar-refractivity contribution in [1.82, 2.24) is 47.1 Å². The van der Waals surface area contributed by atoms with Crippen molar-refractivity contribution in [2.75, 3.05) is 38.6 Å². The topological polar surface area (TPSA) is 387 Å². The van der Waals surface area contributed by atoms with Gasteiger partial charge in [0.15, 0.2) is 9.84 Å². The fraction of sp³-hybridized carbons (Fsp3) is 0.653. The number of ether oxygens (including phenoxy) is 1. The maximum atomic E-state index is 15.0. The average molecular weight is 1080 g/mol. The number of nitrogens with zero attached hydrogens (tertiary/aromatic N) is 1. The minimum atomic E-state index is -4.92. The van der Waals surface area contributed by atoms with E-state index in [1.54, 1.807) is 19.9 Å². The van der Waals surface area contributed by atoms with Gasteiger partial charge in [-0.05, 0) is 41.9 Å². The molecule has 3 aliphatic heterocycles. The zero-order chi connectivity index (χ0) is 55.5. The molecule has 0 radical (unpaired) electrons. The van der Waals surface area contributed by atoms with Gasteiger partial charge in [-0.2, -0.15) is 0 Å². The first-order chi connectivity index (χ1) is 35.2. The number of carbonyl (C=O) groups excluding carboxylic acids is 9. The van der Waals surface area contributed by atoms with Crippen molar-refractivity contribution >= 4 is 73.9 Å². The van der Waals surface area contributed by atoms with Crippen molar-refractivity contribution in [1.29, 1.82) is 0 Å². The molecule has 0 saturated carbocycles. The van der Waals surface area contributed by atoms with Crippen LogP contribution in [0.2, 0.25) is 0 Å². The Hall–Kier alpha value is -6.38. The Bertz CT molecular complexity index is 2570. The molecule has 1 aromatic heterocycles. The number of primary amides is 1. The molecule has 0 aliphatic carbocycles. The van der Waals surface area contributed by atoms with Crippen LogP contribution in [0.5, 0.6) is 5.75 Å². The second-order valence-electron chi connectivity index (χ2n) is 21.0. The number of amides is 9. The molecule has 1 aromatic carbocycles. The van der Waals surface area contributed by atoms with Crippen LogP contribution in [0.25, 0.3) is 10.9 Å². The number of sulfone groups is 1. The molecule has 0 spiro atoms. The van der Waals surface area contributed by atoms with Crippen LogP contribution in [0.1, 0.15) is 98.5 Å². The normalized spacial score (nSPS) is 26.0. The van der Waals surface area contributed by atoms with Crippen LogP contribution in [0.4, 0.5) is 0 Å². The summed E-state index contributed by atoms with van der Waals surface area (Å²) in [6.45, 7) is 8.36. The van der Waals surface area contributed by atoms with E-state index < -0.39 is 180 Å². The molecule has 3 aliphatic rings. The van der Waals surface area contributed by atoms with Crippen LogP contribution >= 0.6 is 0 Å². The van der Waals surface area contributed by atoms with Crippen molar-refractivity contribution in [2.45, 2.75) is 153 Å². The van der Waals surface area contributed by atoms with E-state index in [-0.39, 0.29) is 21.9 Å². The highest BCUT2D eigenvalue weighted by molar-refractivity contribution is 7.91. The Morgan fingerprint density at radius 1 is 0.840 bits per heavy atom. The number of hydrogen-bond acceptors (Lipinski definition) is 15. The summed E-state index contributed by atoms with van der Waals surface area (Å²) in [7, 11) is -4.92. The molecule has 10 atom stereocenters. The number of rotatable bonds is 14. The molecule has 1 fully saturated rings. The van der Waals surface area contributed by atoms with Gasteiger partial charge in [0.25, 0.3) is 0 Å². The highest BCUT2D eigenvalue weighted by Gasteiger charge is 2.45. The van der Waals surface area contributed by atoms with E-state index >= 15 is 8.42 Å². The third-order valence-electron chi connectivity index (χ3n) is 13.8. The standard InChI is InChI=1S/C49H74N10O15S/c1-7-25(2)40-45(69)52-20-38(64)53-34-24-75(72,73)47-30(29-13-12-28(17-31(29)56-47)74-15-11-9-8-10-14-49(4,5)6)18-32(42(66)51-21-39(65)57-40)54-46(70)41(26(3)36(62)23-60)58-44(68)35-16-27(61)22-59(35)48(71)33(19-37(50)63)55-43(34)67/h12-13,17,25-27,32-36,40-41,56,60-62H,7-11,14-16,18-24H2,1-6H3,(H2,50,63)(H,51,66)(H,52,69)(H,53,64)(H,54,70)(H,55,67)(H,57,65)(H,58,68)/t25-,26-,27+,32-,33-,34-,35-,36-,40-,41-/m0/s1. The van der Waals surface area contributed by atoms with Crippen LogP contribution in [0.3, 0.4) is 0 Å². The Morgan fingerprint density at radius 3 is 2.16 bits per heavy atom. The summed E-state index contributed by atoms with van der Waals surface area (Å²) >= 11 is 0. The predicted octanol–water partition coefficient (Wildman–Crippen LogP) is -2.58. The van der Waals surface area contributed by atoms with Crippen molar-refractivity contribution in [3.05, 3.63) is 23.8 Å². The van der Waals surface area contributed by atoms with Crippen molar-refractivity contribution in [3.63, 3.8) is 0 Å². The van der Waals surface area contributed by atoms with Gasteiger partial charge in [-0.25, -0.2) is 8.42 Å². The lowest BCUT2D eigenvalue weighted by molar-refractivity contribution is -0.144. The third-order valence-corrected chi connectivity index (χ3v) is 15.5. The molecule has 2 aromatic rings. The number of carbonyl (C=O) groups is 9. The summed E-state index contributed by atoms with van der Waals surface area (Å²) in [5, 5.41) is 48.1. The summed E-state index contributed by atoms with van der Waals surface area (Å²) in [6, 6.07) is -6.04. The van der Waals surface area contributed by atoms with Crippen molar-refractivity contribution in [3.8, 4) is 5.75 Å². The van der Waals surface area contributed by atoms with Crippen LogP contribution < -0.4 is 47.7 Å². The molecule has 2 bridgehead atoms. The molecule has 25 nitrogen and oxygen atoms in total. The maximum absolute atomic E-state index is 15.0. The Kier molecular flexibility index (Phi) is 20.6. The molecule has 13 N–H and O–H groups in total. The second kappa shape index (κ2) is 25.9. The van der Waals surface area contributed by atoms with Gasteiger partial charge in [0.05, 0.1) is 56.2 Å². The van der Waals surface area contributed by atoms with E-state index in [9.17, 15) is 58.5 Å². The van der Waals surface area contributed by atoms with E-state index in [4.69, 9.17) is 10.5 Å². The molecular weight excluding hydrogens is 1000 g/mol. The number of nitrogens with two attached hydrogens (primary N) is 1. The van der Waals surface area contributed by atoms with Gasteiger partial charge in [-0.15, -0.1) is 0 Å². The van der Waals surface area contributed by atoms with E-state index in [1.165, 1.54) is 19.1 Å². The highest BCUT2D eigenvalue weighted by atomic mass is 32.2.